The summed E-state index contributed by atoms with van der Waals surface area (Å²) in [4.78, 5) is 0. The maximum Gasteiger partial charge on any atom is 0.0584 e. The van der Waals surface area contributed by atoms with E-state index < -0.39 is 25.1 Å². The average molecular weight is 208 g/mol. The summed E-state index contributed by atoms with van der Waals surface area (Å²) >= 11 is 0. The number of hydrogen-bond donors (Lipinski definition) is 4. The summed E-state index contributed by atoms with van der Waals surface area (Å²) < 4.78 is 30.9. The second-order valence-corrected chi connectivity index (χ2v) is 3.11. The first-order valence-corrected chi connectivity index (χ1v) is 5.01. The van der Waals surface area contributed by atoms with Crippen molar-refractivity contribution in [2.45, 2.75) is 38.8 Å². The largest absolute Gasteiger partial charge is 0.395 e. The van der Waals surface area contributed by atoms with Crippen molar-refractivity contribution in [3.63, 3.8) is 0 Å². The molecule has 0 aliphatic heterocycles. The van der Waals surface area contributed by atoms with Gasteiger partial charge in [-0.1, -0.05) is 13.8 Å². The SMILES string of the molecule is [2H]C([2H])(N[C@@H](CC)CO)C([2H])([2H])N[C@@H](CC)CO. The fourth-order valence-electron chi connectivity index (χ4n) is 0.830. The maximum absolute atomic E-state index is 9.02. The molecular weight excluding hydrogens is 180 g/mol. The van der Waals surface area contributed by atoms with Gasteiger partial charge in [-0.25, -0.2) is 0 Å². The van der Waals surface area contributed by atoms with E-state index in [1.807, 2.05) is 0 Å². The van der Waals surface area contributed by atoms with Crippen molar-refractivity contribution < 1.29 is 15.7 Å². The van der Waals surface area contributed by atoms with Gasteiger partial charge >= 0.3 is 0 Å². The zero-order chi connectivity index (χ0) is 14.4. The Hall–Kier alpha value is -0.160. The predicted octanol–water partition coefficient (Wildman–Crippen LogP) is -0.293. The molecule has 0 radical (unpaired) electrons. The summed E-state index contributed by atoms with van der Waals surface area (Å²) in [5.74, 6) is 0. The smallest absolute Gasteiger partial charge is 0.0584 e. The van der Waals surface area contributed by atoms with Crippen LogP contribution in [-0.2, 0) is 0 Å². The van der Waals surface area contributed by atoms with Crippen molar-refractivity contribution in [1.29, 1.82) is 0 Å². The normalized spacial score (nSPS) is 21.7. The highest BCUT2D eigenvalue weighted by Crippen LogP contribution is 1.89. The van der Waals surface area contributed by atoms with Gasteiger partial charge in [0.05, 0.1) is 13.2 Å². The van der Waals surface area contributed by atoms with E-state index in [2.05, 4.69) is 10.6 Å². The van der Waals surface area contributed by atoms with Crippen LogP contribution in [-0.4, -0.2) is 48.5 Å². The Morgan fingerprint density at radius 1 is 1.00 bits per heavy atom. The van der Waals surface area contributed by atoms with Crippen LogP contribution in [0.4, 0.5) is 0 Å². The first-order valence-electron chi connectivity index (χ1n) is 7.01. The summed E-state index contributed by atoms with van der Waals surface area (Å²) in [6, 6.07) is -1.02. The lowest BCUT2D eigenvalue weighted by molar-refractivity contribution is 0.229. The molecule has 0 unspecified atom stereocenters. The van der Waals surface area contributed by atoms with Crippen molar-refractivity contribution in [2.24, 2.45) is 0 Å². The Kier molecular flexibility index (Phi) is 5.40. The summed E-state index contributed by atoms with van der Waals surface area (Å²) in [5.41, 5.74) is 0. The Balaban J connectivity index is 4.72. The molecule has 4 nitrogen and oxygen atoms in total. The van der Waals surface area contributed by atoms with Gasteiger partial charge in [0.25, 0.3) is 0 Å². The van der Waals surface area contributed by atoms with Crippen LogP contribution in [0.25, 0.3) is 0 Å². The third-order valence-electron chi connectivity index (χ3n) is 2.04. The lowest BCUT2D eigenvalue weighted by Crippen LogP contribution is -2.40. The van der Waals surface area contributed by atoms with Crippen LogP contribution >= 0.6 is 0 Å². The number of rotatable bonds is 9. The molecule has 4 N–H and O–H groups in total. The van der Waals surface area contributed by atoms with Crippen molar-refractivity contribution >= 4 is 0 Å². The quantitative estimate of drug-likeness (QED) is 0.420. The molecule has 4 heteroatoms. The monoisotopic (exact) mass is 208 g/mol. The van der Waals surface area contributed by atoms with E-state index in [1.54, 1.807) is 13.8 Å². The molecule has 0 fully saturated rings. The Morgan fingerprint density at radius 3 is 1.57 bits per heavy atom. The molecule has 0 aliphatic carbocycles. The molecular formula is C10H24N2O2. The van der Waals surface area contributed by atoms with Gasteiger partial charge in [0, 0.05) is 30.6 Å². The lowest BCUT2D eigenvalue weighted by atomic mass is 10.2. The van der Waals surface area contributed by atoms with Crippen molar-refractivity contribution in [1.82, 2.24) is 10.6 Å². The Bertz CT molecular complexity index is 210. The van der Waals surface area contributed by atoms with Gasteiger partial charge in [0.1, 0.15) is 0 Å². The van der Waals surface area contributed by atoms with Crippen molar-refractivity contribution in [3.05, 3.63) is 0 Å². The number of nitrogens with one attached hydrogen (secondary N) is 2. The minimum absolute atomic E-state index is 0.261. The fourth-order valence-corrected chi connectivity index (χ4v) is 0.830. The van der Waals surface area contributed by atoms with Crippen LogP contribution in [0.5, 0.6) is 0 Å². The molecule has 0 aromatic heterocycles. The second kappa shape index (κ2) is 9.40. The van der Waals surface area contributed by atoms with Crippen LogP contribution in [0.15, 0.2) is 0 Å². The zero-order valence-corrected chi connectivity index (χ0v) is 8.88. The summed E-state index contributed by atoms with van der Waals surface area (Å²) in [5, 5.41) is 22.9. The van der Waals surface area contributed by atoms with Crippen LogP contribution < -0.4 is 10.6 Å². The molecule has 86 valence electrons. The Morgan fingerprint density at radius 2 is 1.36 bits per heavy atom. The van der Waals surface area contributed by atoms with Crippen LogP contribution in [0.1, 0.15) is 32.2 Å². The highest BCUT2D eigenvalue weighted by Gasteiger charge is 2.04. The average Bonchev–Trinajstić information content (AvgIpc) is 2.32. The zero-order valence-electron chi connectivity index (χ0n) is 12.9. The van der Waals surface area contributed by atoms with E-state index >= 15 is 0 Å². The summed E-state index contributed by atoms with van der Waals surface area (Å²) in [6.45, 7) is -1.67. The number of hydrogen-bond acceptors (Lipinski definition) is 4. The topological polar surface area (TPSA) is 64.5 Å². The minimum atomic E-state index is -2.35. The van der Waals surface area contributed by atoms with E-state index in [-0.39, 0.29) is 13.2 Å². The molecule has 0 saturated heterocycles. The van der Waals surface area contributed by atoms with Gasteiger partial charge in [-0.15, -0.1) is 0 Å². The van der Waals surface area contributed by atoms with Crippen LogP contribution in [0.3, 0.4) is 0 Å². The van der Waals surface area contributed by atoms with Gasteiger partial charge in [0.2, 0.25) is 0 Å². The van der Waals surface area contributed by atoms with Crippen molar-refractivity contribution in [3.8, 4) is 0 Å². The third kappa shape index (κ3) is 6.32. The van der Waals surface area contributed by atoms with E-state index in [4.69, 9.17) is 15.7 Å². The molecule has 14 heavy (non-hydrogen) atoms. The lowest BCUT2D eigenvalue weighted by Gasteiger charge is -2.17. The summed E-state index contributed by atoms with van der Waals surface area (Å²) in [7, 11) is 0. The van der Waals surface area contributed by atoms with Gasteiger partial charge in [-0.2, -0.15) is 0 Å². The third-order valence-corrected chi connectivity index (χ3v) is 2.04. The minimum Gasteiger partial charge on any atom is -0.395 e. The van der Waals surface area contributed by atoms with Crippen molar-refractivity contribution in [2.75, 3.05) is 26.2 Å². The molecule has 0 saturated carbocycles. The molecule has 0 spiro atoms. The van der Waals surface area contributed by atoms with Crippen LogP contribution in [0, 0.1) is 0 Å². The molecule has 0 bridgehead atoms. The van der Waals surface area contributed by atoms with E-state index in [0.717, 1.165) is 0 Å². The molecule has 0 rings (SSSR count). The Labute approximate surface area is 92.3 Å². The maximum atomic E-state index is 9.02. The van der Waals surface area contributed by atoms with E-state index in [9.17, 15) is 0 Å². The number of aliphatic hydroxyl groups is 2. The van der Waals surface area contributed by atoms with Gasteiger partial charge < -0.3 is 20.8 Å². The summed E-state index contributed by atoms with van der Waals surface area (Å²) in [6.07, 6.45) is 0.979. The standard InChI is InChI=1S/C10H24N2O2/c1-3-9(7-13)11-5-6-12-10(4-2)8-14/h9-14H,3-8H2,1-2H3/t9-,10-/m0/s1/i5D2,6D2. The predicted molar refractivity (Wildman–Crippen MR) is 58.3 cm³/mol. The van der Waals surface area contributed by atoms with Gasteiger partial charge in [0.15, 0.2) is 0 Å². The molecule has 0 aliphatic rings. The van der Waals surface area contributed by atoms with Gasteiger partial charge in [-0.05, 0) is 12.8 Å². The first-order chi connectivity index (χ1) is 8.24. The fraction of sp³-hybridized carbons (Fsp3) is 1.00. The molecule has 0 aromatic carbocycles. The molecule has 0 heterocycles. The molecule has 0 amide bonds. The highest BCUT2D eigenvalue weighted by molar-refractivity contribution is 4.67. The second-order valence-electron chi connectivity index (χ2n) is 3.11. The molecule has 2 atom stereocenters. The van der Waals surface area contributed by atoms with E-state index in [1.165, 1.54) is 0 Å². The molecule has 0 aromatic rings. The highest BCUT2D eigenvalue weighted by atomic mass is 16.3. The number of aliphatic hydroxyl groups excluding tert-OH is 2. The first kappa shape index (κ1) is 8.05. The van der Waals surface area contributed by atoms with Crippen LogP contribution in [0.2, 0.25) is 0 Å². The van der Waals surface area contributed by atoms with E-state index in [0.29, 0.717) is 12.8 Å². The van der Waals surface area contributed by atoms with Gasteiger partial charge in [-0.3, -0.25) is 0 Å².